The first-order valence-electron chi connectivity index (χ1n) is 6.02. The molecule has 0 amide bonds. The van der Waals surface area contributed by atoms with Crippen LogP contribution in [0.25, 0.3) is 0 Å². The van der Waals surface area contributed by atoms with Crippen LogP contribution in [0.15, 0.2) is 12.5 Å². The highest BCUT2D eigenvalue weighted by atomic mass is 15.1. The fourth-order valence-corrected chi connectivity index (χ4v) is 2.66. The first-order valence-corrected chi connectivity index (χ1v) is 6.02. The van der Waals surface area contributed by atoms with Crippen molar-refractivity contribution in [1.82, 2.24) is 9.55 Å². The second-order valence-corrected chi connectivity index (χ2v) is 4.76. The SMILES string of the molecule is CC1CCCC(n2cncc2CCN)C1. The van der Waals surface area contributed by atoms with Crippen LogP contribution in [-0.4, -0.2) is 16.1 Å². The van der Waals surface area contributed by atoms with Crippen molar-refractivity contribution in [2.75, 3.05) is 6.54 Å². The van der Waals surface area contributed by atoms with Gasteiger partial charge in [-0.2, -0.15) is 0 Å². The Bertz CT molecular complexity index is 306. The molecule has 0 aliphatic heterocycles. The molecule has 1 fully saturated rings. The second kappa shape index (κ2) is 4.79. The maximum Gasteiger partial charge on any atom is 0.0950 e. The van der Waals surface area contributed by atoms with E-state index in [0.717, 1.165) is 12.3 Å². The minimum Gasteiger partial charge on any atom is -0.331 e. The van der Waals surface area contributed by atoms with E-state index in [1.165, 1.54) is 31.4 Å². The van der Waals surface area contributed by atoms with Crippen LogP contribution in [0.3, 0.4) is 0 Å². The van der Waals surface area contributed by atoms with Crippen molar-refractivity contribution < 1.29 is 0 Å². The van der Waals surface area contributed by atoms with E-state index in [0.29, 0.717) is 12.6 Å². The zero-order valence-corrected chi connectivity index (χ0v) is 9.52. The summed E-state index contributed by atoms with van der Waals surface area (Å²) in [5.41, 5.74) is 6.91. The molecule has 0 bridgehead atoms. The number of nitrogens with two attached hydrogens (primary N) is 1. The third-order valence-electron chi connectivity index (χ3n) is 3.45. The molecule has 0 radical (unpaired) electrons. The largest absolute Gasteiger partial charge is 0.331 e. The Morgan fingerprint density at radius 2 is 2.40 bits per heavy atom. The summed E-state index contributed by atoms with van der Waals surface area (Å²) in [5.74, 6) is 0.858. The molecule has 0 aromatic carbocycles. The van der Waals surface area contributed by atoms with Gasteiger partial charge in [-0.1, -0.05) is 19.8 Å². The molecule has 3 heteroatoms. The van der Waals surface area contributed by atoms with Gasteiger partial charge in [-0.25, -0.2) is 4.98 Å². The van der Waals surface area contributed by atoms with Gasteiger partial charge in [0.05, 0.1) is 6.33 Å². The van der Waals surface area contributed by atoms with Crippen LogP contribution in [0.2, 0.25) is 0 Å². The molecule has 84 valence electrons. The highest BCUT2D eigenvalue weighted by Crippen LogP contribution is 2.32. The summed E-state index contributed by atoms with van der Waals surface area (Å²) in [4.78, 5) is 4.25. The quantitative estimate of drug-likeness (QED) is 0.825. The number of aromatic nitrogens is 2. The lowest BCUT2D eigenvalue weighted by Crippen LogP contribution is -2.19. The smallest absolute Gasteiger partial charge is 0.0950 e. The van der Waals surface area contributed by atoms with Crippen LogP contribution in [0.4, 0.5) is 0 Å². The van der Waals surface area contributed by atoms with E-state index in [4.69, 9.17) is 5.73 Å². The fourth-order valence-electron chi connectivity index (χ4n) is 2.66. The van der Waals surface area contributed by atoms with Gasteiger partial charge >= 0.3 is 0 Å². The van der Waals surface area contributed by atoms with Gasteiger partial charge in [0.25, 0.3) is 0 Å². The van der Waals surface area contributed by atoms with E-state index >= 15 is 0 Å². The number of nitrogens with zero attached hydrogens (tertiary/aromatic N) is 2. The summed E-state index contributed by atoms with van der Waals surface area (Å²) >= 11 is 0. The Kier molecular flexibility index (Phi) is 3.41. The Hall–Kier alpha value is -0.830. The van der Waals surface area contributed by atoms with Crippen molar-refractivity contribution in [2.24, 2.45) is 11.7 Å². The molecular formula is C12H21N3. The van der Waals surface area contributed by atoms with Crippen molar-refractivity contribution in [3.8, 4) is 0 Å². The van der Waals surface area contributed by atoms with E-state index < -0.39 is 0 Å². The van der Waals surface area contributed by atoms with Crippen LogP contribution in [0.5, 0.6) is 0 Å². The lowest BCUT2D eigenvalue weighted by atomic mass is 9.87. The van der Waals surface area contributed by atoms with Crippen molar-refractivity contribution >= 4 is 0 Å². The first-order chi connectivity index (χ1) is 7.31. The Labute approximate surface area is 91.7 Å². The molecule has 1 aromatic heterocycles. The summed E-state index contributed by atoms with van der Waals surface area (Å²) < 4.78 is 2.35. The standard InChI is InChI=1S/C12H21N3/c1-10-3-2-4-11(7-10)15-9-14-8-12(15)5-6-13/h8-11H,2-7,13H2,1H3. The fraction of sp³-hybridized carbons (Fsp3) is 0.750. The Morgan fingerprint density at radius 3 is 3.13 bits per heavy atom. The third-order valence-corrected chi connectivity index (χ3v) is 3.45. The molecule has 1 heterocycles. The van der Waals surface area contributed by atoms with E-state index in [-0.39, 0.29) is 0 Å². The first kappa shape index (κ1) is 10.7. The van der Waals surface area contributed by atoms with E-state index in [9.17, 15) is 0 Å². The molecule has 1 saturated carbocycles. The molecule has 2 rings (SSSR count). The second-order valence-electron chi connectivity index (χ2n) is 4.76. The highest BCUT2D eigenvalue weighted by molar-refractivity contribution is 5.01. The number of hydrogen-bond acceptors (Lipinski definition) is 2. The van der Waals surface area contributed by atoms with Gasteiger partial charge in [-0.3, -0.25) is 0 Å². The number of hydrogen-bond donors (Lipinski definition) is 1. The van der Waals surface area contributed by atoms with E-state index in [1.54, 1.807) is 0 Å². The summed E-state index contributed by atoms with van der Waals surface area (Å²) in [7, 11) is 0. The Morgan fingerprint density at radius 1 is 1.53 bits per heavy atom. The zero-order chi connectivity index (χ0) is 10.7. The van der Waals surface area contributed by atoms with Gasteiger partial charge in [0, 0.05) is 24.4 Å². The van der Waals surface area contributed by atoms with Gasteiger partial charge in [0.15, 0.2) is 0 Å². The molecule has 3 nitrogen and oxygen atoms in total. The summed E-state index contributed by atoms with van der Waals surface area (Å²) in [6.45, 7) is 3.07. The minimum absolute atomic E-state index is 0.665. The van der Waals surface area contributed by atoms with Crippen LogP contribution < -0.4 is 5.73 Å². The van der Waals surface area contributed by atoms with Crippen LogP contribution in [0, 0.1) is 5.92 Å². The molecule has 1 aliphatic carbocycles. The summed E-state index contributed by atoms with van der Waals surface area (Å²) in [6, 6.07) is 0.665. The molecule has 1 aliphatic rings. The molecule has 15 heavy (non-hydrogen) atoms. The van der Waals surface area contributed by atoms with Crippen LogP contribution in [-0.2, 0) is 6.42 Å². The van der Waals surface area contributed by atoms with Crippen LogP contribution >= 0.6 is 0 Å². The Balaban J connectivity index is 2.10. The molecular weight excluding hydrogens is 186 g/mol. The molecule has 2 atom stereocenters. The normalized spacial score (nSPS) is 26.8. The van der Waals surface area contributed by atoms with Gasteiger partial charge < -0.3 is 10.3 Å². The van der Waals surface area contributed by atoms with Gasteiger partial charge in [-0.05, 0) is 25.3 Å². The average Bonchev–Trinajstić information content (AvgIpc) is 2.66. The molecule has 0 saturated heterocycles. The van der Waals surface area contributed by atoms with Crippen molar-refractivity contribution in [3.63, 3.8) is 0 Å². The van der Waals surface area contributed by atoms with Crippen LogP contribution in [0.1, 0.15) is 44.3 Å². The number of imidazole rings is 1. The predicted molar refractivity (Wildman–Crippen MR) is 61.7 cm³/mol. The van der Waals surface area contributed by atoms with Crippen molar-refractivity contribution in [2.45, 2.75) is 45.1 Å². The highest BCUT2D eigenvalue weighted by Gasteiger charge is 2.21. The summed E-state index contributed by atoms with van der Waals surface area (Å²) in [5, 5.41) is 0. The topological polar surface area (TPSA) is 43.8 Å². The average molecular weight is 207 g/mol. The van der Waals surface area contributed by atoms with Gasteiger partial charge in [0.2, 0.25) is 0 Å². The molecule has 1 aromatic rings. The van der Waals surface area contributed by atoms with Gasteiger partial charge in [0.1, 0.15) is 0 Å². The molecule has 2 unspecified atom stereocenters. The maximum atomic E-state index is 5.60. The maximum absolute atomic E-state index is 5.60. The monoisotopic (exact) mass is 207 g/mol. The minimum atomic E-state index is 0.665. The lowest BCUT2D eigenvalue weighted by Gasteiger charge is -2.29. The lowest BCUT2D eigenvalue weighted by molar-refractivity contribution is 0.278. The number of rotatable bonds is 3. The zero-order valence-electron chi connectivity index (χ0n) is 9.52. The van der Waals surface area contributed by atoms with Gasteiger partial charge in [-0.15, -0.1) is 0 Å². The third kappa shape index (κ3) is 2.40. The molecule has 2 N–H and O–H groups in total. The molecule has 0 spiro atoms. The van der Waals surface area contributed by atoms with Crippen molar-refractivity contribution in [1.29, 1.82) is 0 Å². The predicted octanol–water partition coefficient (Wildman–Crippen LogP) is 2.14. The van der Waals surface area contributed by atoms with E-state index in [2.05, 4.69) is 16.5 Å². The summed E-state index contributed by atoms with van der Waals surface area (Å²) in [6.07, 6.45) is 10.2. The van der Waals surface area contributed by atoms with E-state index in [1.807, 2.05) is 12.5 Å². The van der Waals surface area contributed by atoms with Crippen molar-refractivity contribution in [3.05, 3.63) is 18.2 Å².